The molecule has 0 radical (unpaired) electrons. The predicted molar refractivity (Wildman–Crippen MR) is 147 cm³/mol. The number of carbonyl (C=O) groups excluding carboxylic acids is 1. The second-order valence-electron chi connectivity index (χ2n) is 9.71. The lowest BCUT2D eigenvalue weighted by Crippen LogP contribution is -2.51. The van der Waals surface area contributed by atoms with Crippen LogP contribution in [0.3, 0.4) is 0 Å². The van der Waals surface area contributed by atoms with Crippen molar-refractivity contribution in [3.8, 4) is 23.1 Å². The van der Waals surface area contributed by atoms with Gasteiger partial charge in [0, 0.05) is 43.7 Å². The summed E-state index contributed by atoms with van der Waals surface area (Å²) in [6.07, 6.45) is 1.99. The molecular weight excluding hydrogens is 508 g/mol. The summed E-state index contributed by atoms with van der Waals surface area (Å²) in [6.45, 7) is 5.84. The van der Waals surface area contributed by atoms with E-state index >= 15 is 0 Å². The van der Waals surface area contributed by atoms with Crippen LogP contribution in [0.4, 0.5) is 11.5 Å². The van der Waals surface area contributed by atoms with E-state index in [1.807, 2.05) is 34.9 Å². The van der Waals surface area contributed by atoms with Crippen molar-refractivity contribution >= 4 is 28.3 Å². The number of nitrogens with one attached hydrogen (secondary N) is 2. The largest absolute Gasteiger partial charge is 0.379 e. The number of likely N-dealkylation sites (tertiary alicyclic amines) is 1. The molecule has 6 rings (SSSR count). The molecule has 1 fully saturated rings. The van der Waals surface area contributed by atoms with Crippen LogP contribution in [-0.4, -0.2) is 71.9 Å². The monoisotopic (exact) mass is 534 g/mol. The first kappa shape index (κ1) is 25.3. The number of hydrogen-bond donors (Lipinski definition) is 2. The van der Waals surface area contributed by atoms with E-state index in [1.54, 1.807) is 32.5 Å². The van der Waals surface area contributed by atoms with Crippen molar-refractivity contribution in [3.63, 3.8) is 0 Å². The van der Waals surface area contributed by atoms with E-state index in [4.69, 9.17) is 9.72 Å². The fourth-order valence-electron chi connectivity index (χ4n) is 4.82. The van der Waals surface area contributed by atoms with Crippen LogP contribution in [-0.2, 0) is 11.3 Å². The number of nitrogens with zero attached hydrogens (tertiary/aromatic N) is 8. The van der Waals surface area contributed by atoms with Gasteiger partial charge in [-0.15, -0.1) is 5.10 Å². The van der Waals surface area contributed by atoms with E-state index in [-0.39, 0.29) is 11.5 Å². The van der Waals surface area contributed by atoms with E-state index in [0.29, 0.717) is 40.3 Å². The number of rotatable bonds is 8. The molecule has 0 bridgehead atoms. The Morgan fingerprint density at radius 2 is 2.05 bits per heavy atom. The summed E-state index contributed by atoms with van der Waals surface area (Å²) in [7, 11) is 1.74. The molecule has 0 aliphatic carbocycles. The van der Waals surface area contributed by atoms with E-state index in [2.05, 4.69) is 41.7 Å². The molecule has 0 unspecified atom stereocenters. The third-order valence-electron chi connectivity index (χ3n) is 6.98. The highest BCUT2D eigenvalue weighted by atomic mass is 16.5. The molecule has 1 saturated heterocycles. The fourth-order valence-corrected chi connectivity index (χ4v) is 4.82. The molecule has 12 heteroatoms. The topological polar surface area (TPSA) is 151 Å². The summed E-state index contributed by atoms with van der Waals surface area (Å²) < 4.78 is 7.16. The highest BCUT2D eigenvalue weighted by molar-refractivity contribution is 6.00. The number of carbonyl (C=O) groups is 1. The number of anilines is 2. The molecule has 5 aromatic rings. The normalized spacial score (nSPS) is 13.8. The van der Waals surface area contributed by atoms with Gasteiger partial charge in [-0.3, -0.25) is 19.4 Å². The minimum atomic E-state index is -0.152. The molecule has 0 spiro atoms. The van der Waals surface area contributed by atoms with Gasteiger partial charge in [-0.1, -0.05) is 0 Å². The smallest absolute Gasteiger partial charge is 0.171 e. The number of aromatic nitrogens is 7. The van der Waals surface area contributed by atoms with Gasteiger partial charge in [0.1, 0.15) is 18.2 Å². The number of imidazole rings is 1. The zero-order chi connectivity index (χ0) is 27.8. The molecule has 0 amide bonds. The number of ketones is 1. The Hall–Kier alpha value is -4.99. The molecule has 1 aromatic carbocycles. The summed E-state index contributed by atoms with van der Waals surface area (Å²) in [6, 6.07) is 15.2. The van der Waals surface area contributed by atoms with E-state index in [0.717, 1.165) is 42.0 Å². The maximum absolute atomic E-state index is 12.4. The van der Waals surface area contributed by atoms with Crippen molar-refractivity contribution in [2.45, 2.75) is 26.5 Å². The SMILES string of the molecule is COC1CN(Cc2ccc(Nc3ccc4c(c3)ncn4-c3ccc(C(C)=O)c(-c4c(C#N)n[nH]c4C)n3)nn2)C1. The molecule has 4 aromatic heterocycles. The molecule has 12 nitrogen and oxygen atoms in total. The van der Waals surface area contributed by atoms with Gasteiger partial charge >= 0.3 is 0 Å². The Morgan fingerprint density at radius 3 is 2.77 bits per heavy atom. The highest BCUT2D eigenvalue weighted by Crippen LogP contribution is 2.30. The van der Waals surface area contributed by atoms with E-state index in [9.17, 15) is 10.1 Å². The number of nitriles is 1. The molecule has 1 aliphatic rings. The Kier molecular flexibility index (Phi) is 6.51. The fraction of sp³-hybridized carbons (Fsp3) is 0.250. The van der Waals surface area contributed by atoms with Gasteiger partial charge in [0.05, 0.1) is 34.1 Å². The van der Waals surface area contributed by atoms with Gasteiger partial charge in [0.2, 0.25) is 0 Å². The molecular formula is C28H26N10O2. The Balaban J connectivity index is 1.25. The number of benzene rings is 1. The van der Waals surface area contributed by atoms with Crippen LogP contribution < -0.4 is 5.32 Å². The first-order valence-electron chi connectivity index (χ1n) is 12.7. The van der Waals surface area contributed by atoms with E-state index < -0.39 is 0 Å². The standard InChI is InChI=1S/C28H26N10O2/c1-16-27(23(11-29)35-33-16)28-21(17(2)39)6-9-26(32-28)38-15-30-22-10-18(4-7-24(22)38)31-25-8-5-19(34-36-25)12-37-13-20(14-37)40-3/h4-10,15,20H,12-14H2,1-3H3,(H,31,36)(H,33,35). The second kappa shape index (κ2) is 10.3. The van der Waals surface area contributed by atoms with Gasteiger partial charge in [-0.2, -0.15) is 15.5 Å². The zero-order valence-electron chi connectivity index (χ0n) is 22.2. The number of aryl methyl sites for hydroxylation is 1. The minimum absolute atomic E-state index is 0.152. The highest BCUT2D eigenvalue weighted by Gasteiger charge is 2.26. The molecule has 200 valence electrons. The Bertz CT molecular complexity index is 1760. The van der Waals surface area contributed by atoms with E-state index in [1.165, 1.54) is 6.92 Å². The van der Waals surface area contributed by atoms with Gasteiger partial charge in [0.25, 0.3) is 0 Å². The number of pyridine rings is 1. The average molecular weight is 535 g/mol. The predicted octanol–water partition coefficient (Wildman–Crippen LogP) is 3.56. The van der Waals surface area contributed by atoms with Crippen molar-refractivity contribution in [1.82, 2.24) is 39.8 Å². The number of fused-ring (bicyclic) bond motifs is 1. The van der Waals surface area contributed by atoms with Crippen molar-refractivity contribution in [2.75, 3.05) is 25.5 Å². The van der Waals surface area contributed by atoms with Crippen LogP contribution in [0.15, 0.2) is 48.8 Å². The van der Waals surface area contributed by atoms with Crippen LogP contribution in [0.5, 0.6) is 0 Å². The van der Waals surface area contributed by atoms with Gasteiger partial charge < -0.3 is 10.1 Å². The number of hydrogen-bond acceptors (Lipinski definition) is 10. The van der Waals surface area contributed by atoms with Crippen LogP contribution in [0.1, 0.15) is 34.4 Å². The molecule has 0 atom stereocenters. The molecule has 0 saturated carbocycles. The first-order chi connectivity index (χ1) is 19.4. The van der Waals surface area contributed by atoms with Crippen molar-refractivity contribution in [2.24, 2.45) is 0 Å². The van der Waals surface area contributed by atoms with Crippen LogP contribution in [0.2, 0.25) is 0 Å². The Morgan fingerprint density at radius 1 is 1.20 bits per heavy atom. The van der Waals surface area contributed by atoms with Crippen molar-refractivity contribution in [1.29, 1.82) is 5.26 Å². The molecule has 1 aliphatic heterocycles. The maximum atomic E-state index is 12.4. The molecule has 40 heavy (non-hydrogen) atoms. The van der Waals surface area contributed by atoms with Crippen LogP contribution in [0, 0.1) is 18.3 Å². The lowest BCUT2D eigenvalue weighted by Gasteiger charge is -2.37. The summed E-state index contributed by atoms with van der Waals surface area (Å²) >= 11 is 0. The number of aromatic amines is 1. The minimum Gasteiger partial charge on any atom is -0.379 e. The maximum Gasteiger partial charge on any atom is 0.171 e. The summed E-state index contributed by atoms with van der Waals surface area (Å²) in [5, 5.41) is 28.4. The van der Waals surface area contributed by atoms with Gasteiger partial charge in [-0.25, -0.2) is 9.97 Å². The first-order valence-corrected chi connectivity index (χ1v) is 12.7. The van der Waals surface area contributed by atoms with Crippen LogP contribution in [0.25, 0.3) is 28.1 Å². The third-order valence-corrected chi connectivity index (χ3v) is 6.98. The summed E-state index contributed by atoms with van der Waals surface area (Å²) in [5.41, 5.74) is 5.48. The number of methoxy groups -OCH3 is 1. The number of Topliss-reactive ketones (excluding diaryl/α,β-unsaturated/α-hetero) is 1. The van der Waals surface area contributed by atoms with Crippen molar-refractivity contribution < 1.29 is 9.53 Å². The molecule has 2 N–H and O–H groups in total. The summed E-state index contributed by atoms with van der Waals surface area (Å²) in [5.74, 6) is 1.05. The lowest BCUT2D eigenvalue weighted by molar-refractivity contribution is -0.0340. The van der Waals surface area contributed by atoms with Gasteiger partial charge in [0.15, 0.2) is 17.3 Å². The quantitative estimate of drug-likeness (QED) is 0.283. The Labute approximate surface area is 229 Å². The van der Waals surface area contributed by atoms with Crippen molar-refractivity contribution in [3.05, 3.63) is 71.4 Å². The second-order valence-corrected chi connectivity index (χ2v) is 9.71. The molecule has 5 heterocycles. The summed E-state index contributed by atoms with van der Waals surface area (Å²) in [4.78, 5) is 24.0. The number of ether oxygens (including phenoxy) is 1. The average Bonchev–Trinajstić information content (AvgIpc) is 3.53. The number of H-pyrrole nitrogens is 1. The zero-order valence-corrected chi connectivity index (χ0v) is 22.2. The lowest BCUT2D eigenvalue weighted by atomic mass is 10.0. The third kappa shape index (κ3) is 4.68. The van der Waals surface area contributed by atoms with Gasteiger partial charge in [-0.05, 0) is 56.3 Å². The van der Waals surface area contributed by atoms with Crippen LogP contribution >= 0.6 is 0 Å².